The number of aromatic carboxylic acids is 1. The molecule has 6 nitrogen and oxygen atoms in total. The lowest BCUT2D eigenvalue weighted by atomic mass is 10.2. The van der Waals surface area contributed by atoms with Crippen LogP contribution in [-0.4, -0.2) is 21.0 Å². The molecule has 4 aromatic rings. The molecule has 0 amide bonds. The SMILES string of the molecule is O=C(O)c1cc(Oc2ccc3nc(Nc4ccc(Cl)c(C(F)(F)F)c4)sc3c2)ccn1. The Morgan fingerprint density at radius 3 is 2.61 bits per heavy atom. The second-order valence-corrected chi connectivity index (χ2v) is 7.69. The predicted molar refractivity (Wildman–Crippen MR) is 111 cm³/mol. The highest BCUT2D eigenvalue weighted by Gasteiger charge is 2.33. The zero-order chi connectivity index (χ0) is 22.2. The van der Waals surface area contributed by atoms with Gasteiger partial charge in [0.1, 0.15) is 11.5 Å². The molecule has 0 bridgehead atoms. The Kier molecular flexibility index (Phi) is 5.42. The number of alkyl halides is 3. The molecule has 0 aliphatic carbocycles. The second kappa shape index (κ2) is 8.05. The summed E-state index contributed by atoms with van der Waals surface area (Å²) in [7, 11) is 0. The van der Waals surface area contributed by atoms with Gasteiger partial charge in [-0.2, -0.15) is 13.2 Å². The molecule has 2 aromatic heterocycles. The third-order valence-electron chi connectivity index (χ3n) is 4.07. The van der Waals surface area contributed by atoms with E-state index in [2.05, 4.69) is 15.3 Å². The van der Waals surface area contributed by atoms with Crippen molar-refractivity contribution < 1.29 is 27.8 Å². The molecular weight excluding hydrogens is 455 g/mol. The number of carboxylic acid groups (broad SMARTS) is 1. The standard InChI is InChI=1S/C20H11ClF3N3O3S/c21-14-3-1-10(7-13(14)20(22,23)24)26-19-27-15-4-2-11(9-17(15)31-19)30-12-5-6-25-16(8-12)18(28)29/h1-9H,(H,26,27)(H,28,29). The van der Waals surface area contributed by atoms with Crippen LogP contribution < -0.4 is 10.1 Å². The van der Waals surface area contributed by atoms with E-state index in [4.69, 9.17) is 21.4 Å². The minimum absolute atomic E-state index is 0.149. The van der Waals surface area contributed by atoms with E-state index in [1.54, 1.807) is 18.2 Å². The van der Waals surface area contributed by atoms with Crippen molar-refractivity contribution in [2.75, 3.05) is 5.32 Å². The molecule has 0 radical (unpaired) electrons. The van der Waals surface area contributed by atoms with Gasteiger partial charge >= 0.3 is 12.1 Å². The van der Waals surface area contributed by atoms with Gasteiger partial charge in [0.15, 0.2) is 10.8 Å². The molecule has 0 fully saturated rings. The number of thiazole rings is 1. The Balaban J connectivity index is 1.57. The minimum atomic E-state index is -4.57. The Hall–Kier alpha value is -3.37. The maximum atomic E-state index is 13.1. The Morgan fingerprint density at radius 2 is 1.87 bits per heavy atom. The molecule has 0 atom stereocenters. The Morgan fingerprint density at radius 1 is 1.10 bits per heavy atom. The van der Waals surface area contributed by atoms with Crippen molar-refractivity contribution in [3.63, 3.8) is 0 Å². The Labute approximate surface area is 181 Å². The third kappa shape index (κ3) is 4.70. The number of anilines is 2. The van der Waals surface area contributed by atoms with Gasteiger partial charge in [0, 0.05) is 24.0 Å². The summed E-state index contributed by atoms with van der Waals surface area (Å²) in [6, 6.07) is 11.4. The largest absolute Gasteiger partial charge is 0.477 e. The number of nitrogens with zero attached hydrogens (tertiary/aromatic N) is 2. The van der Waals surface area contributed by atoms with Crippen molar-refractivity contribution in [3.05, 3.63) is 71.0 Å². The van der Waals surface area contributed by atoms with Gasteiger partial charge in [-0.15, -0.1) is 0 Å². The molecular formula is C20H11ClF3N3O3S. The highest BCUT2D eigenvalue weighted by Crippen LogP contribution is 2.38. The number of carbonyl (C=O) groups is 1. The number of carboxylic acids is 1. The fraction of sp³-hybridized carbons (Fsp3) is 0.0500. The van der Waals surface area contributed by atoms with Crippen LogP contribution in [0.25, 0.3) is 10.2 Å². The van der Waals surface area contributed by atoms with Gasteiger partial charge in [-0.3, -0.25) is 0 Å². The molecule has 11 heteroatoms. The molecule has 0 aliphatic rings. The second-order valence-electron chi connectivity index (χ2n) is 6.25. The summed E-state index contributed by atoms with van der Waals surface area (Å²) in [6.45, 7) is 0. The van der Waals surface area contributed by atoms with Crippen LogP contribution in [0.2, 0.25) is 5.02 Å². The number of aromatic nitrogens is 2. The van der Waals surface area contributed by atoms with Crippen LogP contribution in [0.15, 0.2) is 54.7 Å². The number of halogens is 4. The quantitative estimate of drug-likeness (QED) is 0.345. The predicted octanol–water partition coefficient (Wildman–Crippen LogP) is 6.60. The van der Waals surface area contributed by atoms with Crippen LogP contribution in [-0.2, 0) is 6.18 Å². The van der Waals surface area contributed by atoms with Crippen LogP contribution in [0.4, 0.5) is 24.0 Å². The average Bonchev–Trinajstić information content (AvgIpc) is 3.10. The number of hydrogen-bond donors (Lipinski definition) is 2. The molecule has 31 heavy (non-hydrogen) atoms. The van der Waals surface area contributed by atoms with E-state index in [1.807, 2.05) is 0 Å². The van der Waals surface area contributed by atoms with Gasteiger partial charge < -0.3 is 15.2 Å². The van der Waals surface area contributed by atoms with Crippen molar-refractivity contribution in [1.29, 1.82) is 0 Å². The number of benzene rings is 2. The monoisotopic (exact) mass is 465 g/mol. The zero-order valence-corrected chi connectivity index (χ0v) is 16.8. The number of hydrogen-bond acceptors (Lipinski definition) is 6. The molecule has 0 unspecified atom stereocenters. The van der Waals surface area contributed by atoms with Gasteiger partial charge in [-0.25, -0.2) is 14.8 Å². The molecule has 2 heterocycles. The fourth-order valence-electron chi connectivity index (χ4n) is 2.69. The lowest BCUT2D eigenvalue weighted by Gasteiger charge is -2.11. The third-order valence-corrected chi connectivity index (χ3v) is 5.33. The van der Waals surface area contributed by atoms with E-state index in [1.165, 1.54) is 41.8 Å². The van der Waals surface area contributed by atoms with E-state index in [0.29, 0.717) is 22.1 Å². The Bertz CT molecular complexity index is 1290. The highest BCUT2D eigenvalue weighted by molar-refractivity contribution is 7.22. The molecule has 2 aromatic carbocycles. The molecule has 0 aliphatic heterocycles. The molecule has 158 valence electrons. The number of ether oxygens (including phenoxy) is 1. The van der Waals surface area contributed by atoms with Crippen molar-refractivity contribution in [3.8, 4) is 11.5 Å². The van der Waals surface area contributed by atoms with E-state index < -0.39 is 17.7 Å². The summed E-state index contributed by atoms with van der Waals surface area (Å²) >= 11 is 6.87. The first kappa shape index (κ1) is 20.9. The summed E-state index contributed by atoms with van der Waals surface area (Å²) in [5.41, 5.74) is -0.269. The first-order valence-electron chi connectivity index (χ1n) is 8.60. The van der Waals surface area contributed by atoms with Gasteiger partial charge in [0.05, 0.1) is 20.8 Å². The smallest absolute Gasteiger partial charge is 0.417 e. The van der Waals surface area contributed by atoms with Gasteiger partial charge in [-0.05, 0) is 36.4 Å². The summed E-state index contributed by atoms with van der Waals surface area (Å²) in [4.78, 5) is 19.1. The number of rotatable bonds is 5. The summed E-state index contributed by atoms with van der Waals surface area (Å²) in [5, 5.41) is 11.9. The summed E-state index contributed by atoms with van der Waals surface area (Å²) in [6.07, 6.45) is -3.24. The summed E-state index contributed by atoms with van der Waals surface area (Å²) < 4.78 is 45.6. The zero-order valence-electron chi connectivity index (χ0n) is 15.3. The minimum Gasteiger partial charge on any atom is -0.477 e. The lowest BCUT2D eigenvalue weighted by Crippen LogP contribution is -2.06. The number of fused-ring (bicyclic) bond motifs is 1. The van der Waals surface area contributed by atoms with Gasteiger partial charge in [0.25, 0.3) is 0 Å². The van der Waals surface area contributed by atoms with Crippen molar-refractivity contribution in [2.45, 2.75) is 6.18 Å². The van der Waals surface area contributed by atoms with Crippen LogP contribution in [0.1, 0.15) is 16.1 Å². The van der Waals surface area contributed by atoms with Crippen molar-refractivity contribution in [2.24, 2.45) is 0 Å². The summed E-state index contributed by atoms with van der Waals surface area (Å²) in [5.74, 6) is -0.429. The number of nitrogens with one attached hydrogen (secondary N) is 1. The van der Waals surface area contributed by atoms with E-state index in [-0.39, 0.29) is 16.4 Å². The van der Waals surface area contributed by atoms with E-state index in [9.17, 15) is 18.0 Å². The van der Waals surface area contributed by atoms with Crippen LogP contribution in [0.5, 0.6) is 11.5 Å². The first-order chi connectivity index (χ1) is 14.7. The van der Waals surface area contributed by atoms with Crippen molar-refractivity contribution >= 4 is 49.9 Å². The average molecular weight is 466 g/mol. The van der Waals surface area contributed by atoms with E-state index in [0.717, 1.165) is 10.8 Å². The van der Waals surface area contributed by atoms with Crippen LogP contribution >= 0.6 is 22.9 Å². The fourth-order valence-corrected chi connectivity index (χ4v) is 3.83. The number of pyridine rings is 1. The molecule has 0 saturated carbocycles. The van der Waals surface area contributed by atoms with Crippen LogP contribution in [0, 0.1) is 0 Å². The molecule has 4 rings (SSSR count). The molecule has 2 N–H and O–H groups in total. The molecule has 0 saturated heterocycles. The normalized spacial score (nSPS) is 11.5. The first-order valence-corrected chi connectivity index (χ1v) is 9.80. The van der Waals surface area contributed by atoms with Crippen LogP contribution in [0.3, 0.4) is 0 Å². The topological polar surface area (TPSA) is 84.3 Å². The maximum absolute atomic E-state index is 13.1. The molecule has 0 spiro atoms. The maximum Gasteiger partial charge on any atom is 0.417 e. The lowest BCUT2D eigenvalue weighted by molar-refractivity contribution is -0.137. The van der Waals surface area contributed by atoms with Gasteiger partial charge in [-0.1, -0.05) is 22.9 Å². The van der Waals surface area contributed by atoms with E-state index >= 15 is 0 Å². The van der Waals surface area contributed by atoms with Crippen molar-refractivity contribution in [1.82, 2.24) is 9.97 Å². The van der Waals surface area contributed by atoms with Gasteiger partial charge in [0.2, 0.25) is 0 Å². The highest BCUT2D eigenvalue weighted by atomic mass is 35.5.